The van der Waals surface area contributed by atoms with Crippen LogP contribution >= 0.6 is 11.8 Å². The standard InChI is InChI=1S/C26H29NO3S/c1-15-10-20-21(26(4,5)9-8-25(20,2)3)13-19(15)18-7-6-16(11-17(18)14-28)12-22-23(29)27-24(30)31-22/h6-7,10-11,13-14,22H,8-9,12H2,1-5H3,(H,27,29,30). The number of hydrogen-bond acceptors (Lipinski definition) is 4. The van der Waals surface area contributed by atoms with Gasteiger partial charge in [-0.3, -0.25) is 19.7 Å². The quantitative estimate of drug-likeness (QED) is 0.624. The fourth-order valence-electron chi connectivity index (χ4n) is 4.84. The van der Waals surface area contributed by atoms with Gasteiger partial charge in [0, 0.05) is 5.56 Å². The molecule has 1 unspecified atom stereocenters. The molecule has 4 rings (SSSR count). The molecule has 1 saturated heterocycles. The molecule has 0 spiro atoms. The lowest BCUT2D eigenvalue weighted by molar-refractivity contribution is -0.118. The molecular formula is C26H29NO3S. The van der Waals surface area contributed by atoms with E-state index in [-0.39, 0.29) is 22.0 Å². The van der Waals surface area contributed by atoms with Crippen LogP contribution in [0.4, 0.5) is 4.79 Å². The van der Waals surface area contributed by atoms with Crippen molar-refractivity contribution in [2.45, 2.75) is 70.0 Å². The molecule has 1 N–H and O–H groups in total. The number of rotatable bonds is 4. The Morgan fingerprint density at radius 3 is 2.23 bits per heavy atom. The van der Waals surface area contributed by atoms with Crippen LogP contribution in [0.2, 0.25) is 0 Å². The summed E-state index contributed by atoms with van der Waals surface area (Å²) in [4.78, 5) is 35.3. The molecule has 2 aromatic carbocycles. The highest BCUT2D eigenvalue weighted by atomic mass is 32.2. The number of aryl methyl sites for hydroxylation is 1. The largest absolute Gasteiger partial charge is 0.298 e. The molecule has 1 atom stereocenters. The van der Waals surface area contributed by atoms with E-state index in [1.807, 2.05) is 18.2 Å². The third-order valence-corrected chi connectivity index (χ3v) is 7.90. The molecule has 0 aromatic heterocycles. The summed E-state index contributed by atoms with van der Waals surface area (Å²) in [5.41, 5.74) is 7.66. The molecule has 0 radical (unpaired) electrons. The molecule has 4 nitrogen and oxygen atoms in total. The molecule has 162 valence electrons. The van der Waals surface area contributed by atoms with Crippen LogP contribution in [0.1, 0.15) is 73.1 Å². The van der Waals surface area contributed by atoms with Crippen LogP contribution in [0.25, 0.3) is 11.1 Å². The smallest absolute Gasteiger partial charge is 0.286 e. The van der Waals surface area contributed by atoms with Crippen molar-refractivity contribution < 1.29 is 14.4 Å². The van der Waals surface area contributed by atoms with Gasteiger partial charge in [-0.2, -0.15) is 0 Å². The highest BCUT2D eigenvalue weighted by molar-refractivity contribution is 8.15. The van der Waals surface area contributed by atoms with Gasteiger partial charge in [0.15, 0.2) is 6.29 Å². The zero-order valence-corrected chi connectivity index (χ0v) is 19.6. The number of amides is 2. The van der Waals surface area contributed by atoms with E-state index in [1.165, 1.54) is 11.1 Å². The predicted molar refractivity (Wildman–Crippen MR) is 126 cm³/mol. The summed E-state index contributed by atoms with van der Waals surface area (Å²) >= 11 is 1.01. The average Bonchev–Trinajstić information content (AvgIpc) is 3.02. The molecule has 1 fully saturated rings. The number of imide groups is 1. The van der Waals surface area contributed by atoms with Crippen molar-refractivity contribution in [3.8, 4) is 11.1 Å². The van der Waals surface area contributed by atoms with Gasteiger partial charge in [0.1, 0.15) is 0 Å². The van der Waals surface area contributed by atoms with Gasteiger partial charge in [0.25, 0.3) is 5.24 Å². The first-order valence-electron chi connectivity index (χ1n) is 10.8. The molecule has 1 aliphatic heterocycles. The van der Waals surface area contributed by atoms with Gasteiger partial charge < -0.3 is 0 Å². The van der Waals surface area contributed by atoms with Gasteiger partial charge in [0.2, 0.25) is 5.91 Å². The Morgan fingerprint density at radius 2 is 1.65 bits per heavy atom. The van der Waals surface area contributed by atoms with Crippen LogP contribution in [0.5, 0.6) is 0 Å². The monoisotopic (exact) mass is 435 g/mol. The van der Waals surface area contributed by atoms with Crippen molar-refractivity contribution in [3.63, 3.8) is 0 Å². The van der Waals surface area contributed by atoms with E-state index < -0.39 is 5.25 Å². The predicted octanol–water partition coefficient (Wildman–Crippen LogP) is 5.72. The zero-order valence-electron chi connectivity index (χ0n) is 18.8. The topological polar surface area (TPSA) is 63.2 Å². The summed E-state index contributed by atoms with van der Waals surface area (Å²) in [6, 6.07) is 10.4. The van der Waals surface area contributed by atoms with E-state index in [0.717, 1.165) is 53.1 Å². The van der Waals surface area contributed by atoms with Gasteiger partial charge in [-0.15, -0.1) is 0 Å². The second-order valence-corrected chi connectivity index (χ2v) is 11.3. The number of carbonyl (C=O) groups excluding carboxylic acids is 3. The van der Waals surface area contributed by atoms with Crippen LogP contribution in [-0.4, -0.2) is 22.7 Å². The van der Waals surface area contributed by atoms with E-state index in [2.05, 4.69) is 52.1 Å². The minimum absolute atomic E-state index is 0.0915. The Hall–Kier alpha value is -2.40. The number of nitrogens with one attached hydrogen (secondary N) is 1. The van der Waals surface area contributed by atoms with Crippen LogP contribution in [0.3, 0.4) is 0 Å². The first-order chi connectivity index (χ1) is 14.5. The molecule has 1 heterocycles. The maximum Gasteiger partial charge on any atom is 0.286 e. The fraction of sp³-hybridized carbons (Fsp3) is 0.423. The second-order valence-electron chi connectivity index (χ2n) is 10.1. The fourth-order valence-corrected chi connectivity index (χ4v) is 5.70. The lowest BCUT2D eigenvalue weighted by atomic mass is 9.62. The van der Waals surface area contributed by atoms with Crippen molar-refractivity contribution in [2.24, 2.45) is 0 Å². The molecule has 1 aliphatic carbocycles. The van der Waals surface area contributed by atoms with Gasteiger partial charge in [-0.05, 0) is 76.5 Å². The Kier molecular flexibility index (Phi) is 5.37. The summed E-state index contributed by atoms with van der Waals surface area (Å²) in [6.07, 6.45) is 3.61. The van der Waals surface area contributed by atoms with Crippen molar-refractivity contribution in [2.75, 3.05) is 0 Å². The lowest BCUT2D eigenvalue weighted by Crippen LogP contribution is -2.34. The molecular weight excluding hydrogens is 406 g/mol. The zero-order chi connectivity index (χ0) is 22.6. The molecule has 31 heavy (non-hydrogen) atoms. The number of fused-ring (bicyclic) bond motifs is 1. The van der Waals surface area contributed by atoms with Gasteiger partial charge in [-0.1, -0.05) is 63.7 Å². The molecule has 5 heteroatoms. The molecule has 2 amide bonds. The number of benzene rings is 2. The first kappa shape index (κ1) is 21.8. The normalized spacial score (nSPS) is 21.5. The Balaban J connectivity index is 1.75. The van der Waals surface area contributed by atoms with E-state index in [0.29, 0.717) is 12.0 Å². The molecule has 2 aromatic rings. The third kappa shape index (κ3) is 3.96. The van der Waals surface area contributed by atoms with E-state index in [4.69, 9.17) is 0 Å². The van der Waals surface area contributed by atoms with Crippen molar-refractivity contribution in [3.05, 3.63) is 58.1 Å². The molecule has 2 aliphatic rings. The number of hydrogen-bond donors (Lipinski definition) is 1. The Bertz CT molecular complexity index is 1100. The van der Waals surface area contributed by atoms with Crippen molar-refractivity contribution >= 4 is 29.2 Å². The Morgan fingerprint density at radius 1 is 1.00 bits per heavy atom. The maximum atomic E-state index is 12.0. The number of carbonyl (C=O) groups is 3. The number of thioether (sulfide) groups is 1. The number of aldehydes is 1. The summed E-state index contributed by atoms with van der Waals surface area (Å²) in [7, 11) is 0. The van der Waals surface area contributed by atoms with Crippen LogP contribution in [-0.2, 0) is 22.0 Å². The van der Waals surface area contributed by atoms with Gasteiger partial charge in [-0.25, -0.2) is 0 Å². The van der Waals surface area contributed by atoms with Gasteiger partial charge >= 0.3 is 0 Å². The van der Waals surface area contributed by atoms with Crippen LogP contribution in [0, 0.1) is 6.92 Å². The summed E-state index contributed by atoms with van der Waals surface area (Å²) in [6.45, 7) is 11.3. The second kappa shape index (κ2) is 7.63. The van der Waals surface area contributed by atoms with E-state index >= 15 is 0 Å². The van der Waals surface area contributed by atoms with Crippen molar-refractivity contribution in [1.82, 2.24) is 5.32 Å². The lowest BCUT2D eigenvalue weighted by Gasteiger charge is -2.42. The van der Waals surface area contributed by atoms with E-state index in [9.17, 15) is 14.4 Å². The summed E-state index contributed by atoms with van der Waals surface area (Å²) < 4.78 is 0. The summed E-state index contributed by atoms with van der Waals surface area (Å²) in [5.74, 6) is -0.262. The minimum atomic E-state index is -0.439. The van der Waals surface area contributed by atoms with Crippen molar-refractivity contribution in [1.29, 1.82) is 0 Å². The van der Waals surface area contributed by atoms with Gasteiger partial charge in [0.05, 0.1) is 5.25 Å². The highest BCUT2D eigenvalue weighted by Crippen LogP contribution is 2.47. The minimum Gasteiger partial charge on any atom is -0.298 e. The third-order valence-electron chi connectivity index (χ3n) is 6.92. The summed E-state index contributed by atoms with van der Waals surface area (Å²) in [5, 5.41) is 1.57. The SMILES string of the molecule is Cc1cc2c(cc1-c1ccc(CC3SC(=O)NC3=O)cc1C=O)C(C)(C)CCC2(C)C. The highest BCUT2D eigenvalue weighted by Gasteiger charge is 2.37. The molecule has 0 bridgehead atoms. The van der Waals surface area contributed by atoms with Crippen LogP contribution < -0.4 is 5.32 Å². The first-order valence-corrected chi connectivity index (χ1v) is 11.7. The Labute approximate surface area is 188 Å². The molecule has 0 saturated carbocycles. The average molecular weight is 436 g/mol. The van der Waals surface area contributed by atoms with E-state index in [1.54, 1.807) is 0 Å². The van der Waals surface area contributed by atoms with Crippen LogP contribution in [0.15, 0.2) is 30.3 Å². The maximum absolute atomic E-state index is 12.0.